The minimum absolute atomic E-state index is 0.441. The molecule has 0 unspecified atom stereocenters. The number of rotatable bonds is 5. The maximum Gasteiger partial charge on any atom is 0.130 e. The molecule has 0 aliphatic heterocycles. The molecular formula is C13H14N2O2. The molecule has 2 aromatic heterocycles. The molecule has 2 heterocycles. The summed E-state index contributed by atoms with van der Waals surface area (Å²) in [5.41, 5.74) is 1.80. The zero-order valence-corrected chi connectivity index (χ0v) is 9.72. The number of aromatic nitrogens is 2. The summed E-state index contributed by atoms with van der Waals surface area (Å²) >= 11 is 0. The van der Waals surface area contributed by atoms with Gasteiger partial charge in [0, 0.05) is 11.8 Å². The van der Waals surface area contributed by atoms with E-state index in [9.17, 15) is 0 Å². The van der Waals surface area contributed by atoms with Gasteiger partial charge in [0.1, 0.15) is 24.5 Å². The van der Waals surface area contributed by atoms with E-state index in [1.54, 1.807) is 18.5 Å². The van der Waals surface area contributed by atoms with Crippen LogP contribution in [0.15, 0.2) is 41.7 Å². The van der Waals surface area contributed by atoms with E-state index in [1.165, 1.54) is 0 Å². The Morgan fingerprint density at radius 2 is 2.41 bits per heavy atom. The van der Waals surface area contributed by atoms with Crippen molar-refractivity contribution in [2.45, 2.75) is 13.5 Å². The van der Waals surface area contributed by atoms with Crippen LogP contribution in [0, 0.1) is 6.92 Å². The third-order valence-corrected chi connectivity index (χ3v) is 2.21. The second-order valence-electron chi connectivity index (χ2n) is 3.59. The minimum Gasteiger partial charge on any atom is -0.466 e. The predicted molar refractivity (Wildman–Crippen MR) is 64.3 cm³/mol. The number of hydrogen-bond donors (Lipinski definition) is 0. The van der Waals surface area contributed by atoms with Crippen LogP contribution in [0.5, 0.6) is 0 Å². The van der Waals surface area contributed by atoms with Crippen molar-refractivity contribution in [3.63, 3.8) is 0 Å². The monoisotopic (exact) mass is 230 g/mol. The summed E-state index contributed by atoms with van der Waals surface area (Å²) in [6.45, 7) is 6.40. The Labute approximate surface area is 100.0 Å². The summed E-state index contributed by atoms with van der Waals surface area (Å²) in [7, 11) is 0. The van der Waals surface area contributed by atoms with Gasteiger partial charge in [0.25, 0.3) is 0 Å². The van der Waals surface area contributed by atoms with Gasteiger partial charge < -0.3 is 9.15 Å². The third kappa shape index (κ3) is 3.01. The first-order valence-electron chi connectivity index (χ1n) is 5.35. The van der Waals surface area contributed by atoms with Crippen LogP contribution in [0.2, 0.25) is 0 Å². The lowest BCUT2D eigenvalue weighted by molar-refractivity contribution is 0.132. The molecule has 88 valence electrons. The first-order chi connectivity index (χ1) is 8.29. The Balaban J connectivity index is 2.10. The highest BCUT2D eigenvalue weighted by Crippen LogP contribution is 2.20. The lowest BCUT2D eigenvalue weighted by atomic mass is 10.2. The molecule has 4 heteroatoms. The zero-order chi connectivity index (χ0) is 12.1. The molecule has 0 spiro atoms. The van der Waals surface area contributed by atoms with Crippen molar-refractivity contribution in [3.05, 3.63) is 48.8 Å². The van der Waals surface area contributed by atoms with Crippen molar-refractivity contribution < 1.29 is 9.15 Å². The maximum absolute atomic E-state index is 5.39. The lowest BCUT2D eigenvalue weighted by Crippen LogP contribution is -1.90. The largest absolute Gasteiger partial charge is 0.466 e. The average molecular weight is 230 g/mol. The van der Waals surface area contributed by atoms with Gasteiger partial charge in [-0.25, -0.2) is 9.97 Å². The van der Waals surface area contributed by atoms with E-state index < -0.39 is 0 Å². The topological polar surface area (TPSA) is 48.2 Å². The second kappa shape index (κ2) is 5.41. The van der Waals surface area contributed by atoms with Crippen molar-refractivity contribution in [2.75, 3.05) is 6.61 Å². The van der Waals surface area contributed by atoms with Gasteiger partial charge in [0.05, 0.1) is 12.3 Å². The quantitative estimate of drug-likeness (QED) is 0.585. The highest BCUT2D eigenvalue weighted by Gasteiger charge is 2.05. The van der Waals surface area contributed by atoms with E-state index in [0.717, 1.165) is 22.8 Å². The fourth-order valence-corrected chi connectivity index (χ4v) is 1.45. The molecule has 4 nitrogen and oxygen atoms in total. The van der Waals surface area contributed by atoms with E-state index in [4.69, 9.17) is 9.15 Å². The Morgan fingerprint density at radius 1 is 1.53 bits per heavy atom. The Hall–Kier alpha value is -1.94. The van der Waals surface area contributed by atoms with Crippen LogP contribution in [0.3, 0.4) is 0 Å². The SMILES string of the molecule is C=CCOCc1cc(-c2ccnc(C)n2)co1. The molecule has 0 N–H and O–H groups in total. The van der Waals surface area contributed by atoms with Gasteiger partial charge in [0.2, 0.25) is 0 Å². The van der Waals surface area contributed by atoms with Crippen LogP contribution in [0.1, 0.15) is 11.6 Å². The van der Waals surface area contributed by atoms with Crippen LogP contribution in [-0.4, -0.2) is 16.6 Å². The molecule has 0 saturated heterocycles. The molecule has 0 aromatic carbocycles. The summed E-state index contributed by atoms with van der Waals surface area (Å²) < 4.78 is 10.7. The summed E-state index contributed by atoms with van der Waals surface area (Å²) in [5.74, 6) is 1.52. The van der Waals surface area contributed by atoms with Crippen molar-refractivity contribution in [1.82, 2.24) is 9.97 Å². The van der Waals surface area contributed by atoms with Crippen LogP contribution < -0.4 is 0 Å². The normalized spacial score (nSPS) is 10.4. The van der Waals surface area contributed by atoms with Crippen LogP contribution >= 0.6 is 0 Å². The van der Waals surface area contributed by atoms with E-state index in [2.05, 4.69) is 16.5 Å². The number of aryl methyl sites for hydroxylation is 1. The van der Waals surface area contributed by atoms with E-state index >= 15 is 0 Å². The molecule has 0 fully saturated rings. The van der Waals surface area contributed by atoms with Gasteiger partial charge >= 0.3 is 0 Å². The molecule has 0 aliphatic carbocycles. The first-order valence-corrected chi connectivity index (χ1v) is 5.35. The molecule has 0 atom stereocenters. The summed E-state index contributed by atoms with van der Waals surface area (Å²) in [6.07, 6.45) is 5.12. The van der Waals surface area contributed by atoms with Crippen LogP contribution in [-0.2, 0) is 11.3 Å². The predicted octanol–water partition coefficient (Wildman–Crippen LogP) is 2.75. The number of nitrogens with zero attached hydrogens (tertiary/aromatic N) is 2. The Bertz CT molecular complexity index is 506. The summed E-state index contributed by atoms with van der Waals surface area (Å²) in [4.78, 5) is 8.38. The molecule has 0 amide bonds. The highest BCUT2D eigenvalue weighted by atomic mass is 16.5. The number of ether oxygens (including phenoxy) is 1. The smallest absolute Gasteiger partial charge is 0.130 e. The van der Waals surface area contributed by atoms with Crippen molar-refractivity contribution in [2.24, 2.45) is 0 Å². The average Bonchev–Trinajstić information content (AvgIpc) is 2.78. The van der Waals surface area contributed by atoms with Gasteiger partial charge in [-0.15, -0.1) is 6.58 Å². The van der Waals surface area contributed by atoms with Crippen molar-refractivity contribution >= 4 is 0 Å². The minimum atomic E-state index is 0.441. The fourth-order valence-electron chi connectivity index (χ4n) is 1.45. The third-order valence-electron chi connectivity index (χ3n) is 2.21. The molecule has 0 aliphatic rings. The van der Waals surface area contributed by atoms with E-state index in [1.807, 2.05) is 19.1 Å². The summed E-state index contributed by atoms with van der Waals surface area (Å²) in [6, 6.07) is 3.77. The lowest BCUT2D eigenvalue weighted by Gasteiger charge is -1.96. The van der Waals surface area contributed by atoms with Crippen molar-refractivity contribution in [1.29, 1.82) is 0 Å². The number of furan rings is 1. The molecule has 17 heavy (non-hydrogen) atoms. The highest BCUT2D eigenvalue weighted by molar-refractivity contribution is 5.57. The summed E-state index contributed by atoms with van der Waals surface area (Å²) in [5, 5.41) is 0. The standard InChI is InChI=1S/C13H14N2O2/c1-3-6-16-9-12-7-11(8-17-12)13-4-5-14-10(2)15-13/h3-5,7-8H,1,6,9H2,2H3. The van der Waals surface area contributed by atoms with Gasteiger partial charge in [-0.3, -0.25) is 0 Å². The number of hydrogen-bond acceptors (Lipinski definition) is 4. The fraction of sp³-hybridized carbons (Fsp3) is 0.231. The molecule has 2 aromatic rings. The second-order valence-corrected chi connectivity index (χ2v) is 3.59. The van der Waals surface area contributed by atoms with Crippen LogP contribution in [0.25, 0.3) is 11.3 Å². The van der Waals surface area contributed by atoms with Gasteiger partial charge in [-0.05, 0) is 19.1 Å². The van der Waals surface area contributed by atoms with Gasteiger partial charge in [-0.1, -0.05) is 6.08 Å². The Kier molecular flexibility index (Phi) is 3.67. The molecule has 0 bridgehead atoms. The maximum atomic E-state index is 5.39. The molecule has 0 saturated carbocycles. The van der Waals surface area contributed by atoms with Gasteiger partial charge in [0.15, 0.2) is 0 Å². The van der Waals surface area contributed by atoms with Crippen LogP contribution in [0.4, 0.5) is 0 Å². The van der Waals surface area contributed by atoms with E-state index in [0.29, 0.717) is 13.2 Å². The Morgan fingerprint density at radius 3 is 3.18 bits per heavy atom. The van der Waals surface area contributed by atoms with E-state index in [-0.39, 0.29) is 0 Å². The molecular weight excluding hydrogens is 216 g/mol. The van der Waals surface area contributed by atoms with Crippen molar-refractivity contribution in [3.8, 4) is 11.3 Å². The first kappa shape index (κ1) is 11.5. The molecule has 0 radical (unpaired) electrons. The zero-order valence-electron chi connectivity index (χ0n) is 9.72. The molecule has 2 rings (SSSR count). The van der Waals surface area contributed by atoms with Gasteiger partial charge in [-0.2, -0.15) is 0 Å².